The molecular weight excluding hydrogens is 351 g/mol. The van der Waals surface area contributed by atoms with Crippen molar-refractivity contribution in [2.24, 2.45) is 0 Å². The van der Waals surface area contributed by atoms with Crippen LogP contribution in [0.4, 0.5) is 0 Å². The number of esters is 1. The molecule has 0 bridgehead atoms. The maximum Gasteiger partial charge on any atom is 0.337 e. The van der Waals surface area contributed by atoms with Gasteiger partial charge in [-0.15, -0.1) is 0 Å². The topological polar surface area (TPSA) is 88.1 Å². The van der Waals surface area contributed by atoms with Gasteiger partial charge in [-0.2, -0.15) is 0 Å². The first-order valence-corrected chi connectivity index (χ1v) is 12.4. The maximum absolute atomic E-state index is 12.2. The van der Waals surface area contributed by atoms with E-state index in [-0.39, 0.29) is 29.8 Å². The number of hydrogen-bond donors (Lipinski definition) is 0. The van der Waals surface area contributed by atoms with E-state index < -0.39 is 28.0 Å². The molecule has 0 fully saturated rings. The molecule has 142 valence electrons. The second-order valence-corrected chi connectivity index (χ2v) is 14.2. The zero-order chi connectivity index (χ0) is 19.2. The Morgan fingerprint density at radius 2 is 1.54 bits per heavy atom. The Morgan fingerprint density at radius 1 is 1.04 bits per heavy atom. The van der Waals surface area contributed by atoms with E-state index in [1.807, 2.05) is 13.1 Å². The number of methoxy groups -OCH3 is 1. The van der Waals surface area contributed by atoms with Gasteiger partial charge in [0.05, 0.1) is 19.6 Å². The van der Waals surface area contributed by atoms with Gasteiger partial charge in [0, 0.05) is 20.6 Å². The third-order valence-corrected chi connectivity index (χ3v) is 10.7. The van der Waals surface area contributed by atoms with Gasteiger partial charge in [-0.3, -0.25) is 14.2 Å². The molecular formula is C15H31O7PSi. The smallest absolute Gasteiger partial charge is 0.337 e. The van der Waals surface area contributed by atoms with Crippen LogP contribution in [-0.2, 0) is 32.4 Å². The number of carbonyl (C=O) groups is 2. The minimum atomic E-state index is -3.43. The molecule has 7 nitrogen and oxygen atoms in total. The van der Waals surface area contributed by atoms with E-state index in [0.717, 1.165) is 0 Å². The van der Waals surface area contributed by atoms with Crippen LogP contribution in [0.3, 0.4) is 0 Å². The summed E-state index contributed by atoms with van der Waals surface area (Å²) in [7, 11) is -1.86. The van der Waals surface area contributed by atoms with Crippen molar-refractivity contribution in [2.75, 3.05) is 27.5 Å². The highest BCUT2D eigenvalue weighted by atomic mass is 31.2. The minimum Gasteiger partial charge on any atom is -0.469 e. The Hall–Kier alpha value is -0.533. The van der Waals surface area contributed by atoms with Gasteiger partial charge >= 0.3 is 13.6 Å². The predicted octanol–water partition coefficient (Wildman–Crippen LogP) is 3.39. The van der Waals surface area contributed by atoms with Gasteiger partial charge in [0.25, 0.3) is 0 Å². The van der Waals surface area contributed by atoms with Gasteiger partial charge in [0.2, 0.25) is 0 Å². The molecule has 0 aromatic carbocycles. The number of rotatable bonds is 10. The largest absolute Gasteiger partial charge is 0.469 e. The van der Waals surface area contributed by atoms with Crippen LogP contribution >= 0.6 is 7.60 Å². The molecule has 0 aromatic rings. The van der Waals surface area contributed by atoms with E-state index in [0.29, 0.717) is 0 Å². The first-order valence-electron chi connectivity index (χ1n) is 7.77. The summed E-state index contributed by atoms with van der Waals surface area (Å²) in [4.78, 5) is 23.9. The highest BCUT2D eigenvalue weighted by Crippen LogP contribution is 2.46. The van der Waals surface area contributed by atoms with E-state index in [4.69, 9.17) is 13.5 Å². The monoisotopic (exact) mass is 382 g/mol. The van der Waals surface area contributed by atoms with Gasteiger partial charge in [0.1, 0.15) is 11.9 Å². The number of hydrogen-bond acceptors (Lipinski definition) is 7. The number of ketones is 1. The Balaban J connectivity index is 5.13. The molecule has 24 heavy (non-hydrogen) atoms. The van der Waals surface area contributed by atoms with Crippen molar-refractivity contribution in [3.8, 4) is 0 Å². The first kappa shape index (κ1) is 23.5. The van der Waals surface area contributed by atoms with Crippen LogP contribution in [0.1, 0.15) is 33.6 Å². The fourth-order valence-electron chi connectivity index (χ4n) is 1.76. The van der Waals surface area contributed by atoms with Crippen LogP contribution in [0.25, 0.3) is 0 Å². The molecule has 0 aliphatic heterocycles. The summed E-state index contributed by atoms with van der Waals surface area (Å²) in [5.41, 5.74) is 0. The molecule has 0 spiro atoms. The lowest BCUT2D eigenvalue weighted by molar-refractivity contribution is -0.142. The van der Waals surface area contributed by atoms with E-state index in [1.54, 1.807) is 0 Å². The number of Topliss-reactive ketones (excluding diaryl/α,β-unsaturated/α-hetero) is 1. The molecule has 0 aromatic heterocycles. The predicted molar refractivity (Wildman–Crippen MR) is 94.8 cm³/mol. The number of carbonyl (C=O) groups excluding carboxylic acids is 2. The van der Waals surface area contributed by atoms with Crippen LogP contribution in [0, 0.1) is 0 Å². The maximum atomic E-state index is 12.2. The summed E-state index contributed by atoms with van der Waals surface area (Å²) in [5, 5.41) is -0.0707. The van der Waals surface area contributed by atoms with Crippen molar-refractivity contribution in [1.82, 2.24) is 0 Å². The van der Waals surface area contributed by atoms with Gasteiger partial charge in [-0.25, -0.2) is 0 Å². The molecule has 9 heteroatoms. The average Bonchev–Trinajstić information content (AvgIpc) is 2.44. The summed E-state index contributed by atoms with van der Waals surface area (Å²) in [5.74, 6) is -0.789. The summed E-state index contributed by atoms with van der Waals surface area (Å²) in [6.45, 7) is 10.3. The molecule has 0 rings (SSSR count). The van der Waals surface area contributed by atoms with E-state index in [9.17, 15) is 14.2 Å². The van der Waals surface area contributed by atoms with Crippen LogP contribution in [0.2, 0.25) is 18.1 Å². The minimum absolute atomic E-state index is 0.0288. The lowest BCUT2D eigenvalue weighted by atomic mass is 10.1. The number of ether oxygens (including phenoxy) is 1. The van der Waals surface area contributed by atoms with Crippen molar-refractivity contribution in [3.63, 3.8) is 0 Å². The van der Waals surface area contributed by atoms with Crippen molar-refractivity contribution >= 4 is 27.7 Å². The summed E-state index contributed by atoms with van der Waals surface area (Å²) < 4.78 is 32.5. The lowest BCUT2D eigenvalue weighted by Crippen LogP contribution is -2.45. The highest BCUT2D eigenvalue weighted by molar-refractivity contribution is 7.54. The normalized spacial score (nSPS) is 14.3. The van der Waals surface area contributed by atoms with Gasteiger partial charge < -0.3 is 18.2 Å². The molecule has 0 aliphatic rings. The van der Waals surface area contributed by atoms with E-state index >= 15 is 0 Å². The fraction of sp³-hybridized carbons (Fsp3) is 0.867. The Labute approximate surface area is 146 Å². The molecule has 0 unspecified atom stereocenters. The molecule has 0 heterocycles. The van der Waals surface area contributed by atoms with Crippen LogP contribution in [0.5, 0.6) is 0 Å². The molecule has 0 N–H and O–H groups in total. The second-order valence-electron chi connectivity index (χ2n) is 7.16. The Kier molecular flexibility index (Phi) is 9.04. The third-order valence-electron chi connectivity index (χ3n) is 4.27. The van der Waals surface area contributed by atoms with Crippen molar-refractivity contribution in [2.45, 2.75) is 57.8 Å². The van der Waals surface area contributed by atoms with Crippen molar-refractivity contribution < 1.29 is 32.4 Å². The molecule has 0 radical (unpaired) electrons. The van der Waals surface area contributed by atoms with Crippen LogP contribution in [0.15, 0.2) is 0 Å². The van der Waals surface area contributed by atoms with Gasteiger partial charge in [0.15, 0.2) is 8.32 Å². The quantitative estimate of drug-likeness (QED) is 0.325. The SMILES string of the molecule is COC(=O)C[C@H](CC(=O)CP(=O)(OC)OC)O[Si](C)(C)C(C)(C)C. The second kappa shape index (κ2) is 9.24. The van der Waals surface area contributed by atoms with Crippen molar-refractivity contribution in [1.29, 1.82) is 0 Å². The zero-order valence-electron chi connectivity index (χ0n) is 16.0. The van der Waals surface area contributed by atoms with Gasteiger partial charge in [-0.1, -0.05) is 20.8 Å². The Morgan fingerprint density at radius 3 is 1.92 bits per heavy atom. The zero-order valence-corrected chi connectivity index (χ0v) is 17.9. The van der Waals surface area contributed by atoms with E-state index in [1.165, 1.54) is 21.3 Å². The van der Waals surface area contributed by atoms with Gasteiger partial charge in [-0.05, 0) is 18.1 Å². The lowest BCUT2D eigenvalue weighted by Gasteiger charge is -2.39. The molecule has 0 saturated heterocycles. The fourth-order valence-corrected chi connectivity index (χ4v) is 4.08. The highest BCUT2D eigenvalue weighted by Gasteiger charge is 2.40. The standard InChI is InChI=1S/C15H31O7PSi/c1-15(2,3)24(7,8)22-13(10-14(17)19-4)9-12(16)11-23(18,20-5)21-6/h13H,9-11H2,1-8H3/t13-/m0/s1. The first-order chi connectivity index (χ1) is 10.8. The summed E-state index contributed by atoms with van der Waals surface area (Å²) >= 11 is 0. The third kappa shape index (κ3) is 7.57. The van der Waals surface area contributed by atoms with Crippen LogP contribution in [-0.4, -0.2) is 53.7 Å². The molecule has 0 aliphatic carbocycles. The Bertz CT molecular complexity index is 477. The average molecular weight is 382 g/mol. The molecule has 0 saturated carbocycles. The van der Waals surface area contributed by atoms with E-state index in [2.05, 4.69) is 25.5 Å². The molecule has 0 amide bonds. The molecule has 1 atom stereocenters. The summed E-state index contributed by atoms with van der Waals surface area (Å²) in [6, 6.07) is 0. The van der Waals surface area contributed by atoms with Crippen molar-refractivity contribution in [3.05, 3.63) is 0 Å². The van der Waals surface area contributed by atoms with Crippen LogP contribution < -0.4 is 0 Å². The summed E-state index contributed by atoms with van der Waals surface area (Å²) in [6.07, 6.45) is -1.04.